The van der Waals surface area contributed by atoms with Crippen molar-refractivity contribution in [1.82, 2.24) is 19.7 Å². The summed E-state index contributed by atoms with van der Waals surface area (Å²) in [4.78, 5) is 23.8. The lowest BCUT2D eigenvalue weighted by atomic mass is 10.2. The van der Waals surface area contributed by atoms with Crippen LogP contribution < -0.4 is 10.5 Å². The minimum atomic E-state index is 0.0255. The summed E-state index contributed by atoms with van der Waals surface area (Å²) in [6.45, 7) is 1.58. The Morgan fingerprint density at radius 1 is 1.08 bits per heavy atom. The highest BCUT2D eigenvalue weighted by Crippen LogP contribution is 2.39. The standard InChI is InChI=1S/C19H23N5O/c25-18-9-14-3-1-5-17(14)22-24(18)12-16-4-2-8-23(16)19-20-10-15(11-21-19)13-6-7-13/h9-11,13,16H,1-8,12H2. The van der Waals surface area contributed by atoms with E-state index in [1.165, 1.54) is 18.4 Å². The van der Waals surface area contributed by atoms with Gasteiger partial charge in [0.05, 0.1) is 18.3 Å². The molecule has 0 amide bonds. The number of fused-ring (bicyclic) bond motifs is 1. The molecule has 25 heavy (non-hydrogen) atoms. The first-order valence-electron chi connectivity index (χ1n) is 9.46. The number of anilines is 1. The molecule has 5 rings (SSSR count). The molecule has 1 atom stereocenters. The Morgan fingerprint density at radius 3 is 2.72 bits per heavy atom. The van der Waals surface area contributed by atoms with Gasteiger partial charge in [-0.25, -0.2) is 14.6 Å². The van der Waals surface area contributed by atoms with E-state index in [0.717, 1.165) is 55.9 Å². The highest BCUT2D eigenvalue weighted by atomic mass is 16.1. The molecule has 2 aromatic rings. The molecule has 130 valence electrons. The van der Waals surface area contributed by atoms with E-state index in [4.69, 9.17) is 0 Å². The van der Waals surface area contributed by atoms with E-state index >= 15 is 0 Å². The topological polar surface area (TPSA) is 63.9 Å². The van der Waals surface area contributed by atoms with Crippen LogP contribution in [0.3, 0.4) is 0 Å². The molecule has 2 fully saturated rings. The van der Waals surface area contributed by atoms with Crippen LogP contribution in [0.2, 0.25) is 0 Å². The lowest BCUT2D eigenvalue weighted by Crippen LogP contribution is -2.38. The molecule has 0 radical (unpaired) electrons. The highest BCUT2D eigenvalue weighted by Gasteiger charge is 2.29. The normalized spacial score (nSPS) is 22.4. The molecule has 3 heterocycles. The van der Waals surface area contributed by atoms with E-state index in [1.807, 2.05) is 12.4 Å². The summed E-state index contributed by atoms with van der Waals surface area (Å²) < 4.78 is 1.66. The van der Waals surface area contributed by atoms with Gasteiger partial charge in [0.25, 0.3) is 5.56 Å². The van der Waals surface area contributed by atoms with Gasteiger partial charge < -0.3 is 4.90 Å². The fourth-order valence-corrected chi connectivity index (χ4v) is 4.17. The second-order valence-electron chi connectivity index (χ2n) is 7.57. The van der Waals surface area contributed by atoms with Crippen molar-refractivity contribution in [2.75, 3.05) is 11.4 Å². The average molecular weight is 337 g/mol. The zero-order valence-electron chi connectivity index (χ0n) is 14.4. The quantitative estimate of drug-likeness (QED) is 0.854. The van der Waals surface area contributed by atoms with Crippen molar-refractivity contribution >= 4 is 5.95 Å². The molecule has 0 bridgehead atoms. The number of aromatic nitrogens is 4. The number of rotatable bonds is 4. The second-order valence-corrected chi connectivity index (χ2v) is 7.57. The van der Waals surface area contributed by atoms with Gasteiger partial charge in [-0.2, -0.15) is 5.10 Å². The average Bonchev–Trinajstić information content (AvgIpc) is 3.21. The molecule has 1 aliphatic heterocycles. The predicted molar refractivity (Wildman–Crippen MR) is 94.9 cm³/mol. The Bertz CT molecular complexity index is 840. The fourth-order valence-electron chi connectivity index (χ4n) is 4.17. The van der Waals surface area contributed by atoms with Gasteiger partial charge >= 0.3 is 0 Å². The first kappa shape index (κ1) is 15.0. The van der Waals surface area contributed by atoms with Crippen molar-refractivity contribution in [2.24, 2.45) is 0 Å². The van der Waals surface area contributed by atoms with Crippen LogP contribution in [-0.4, -0.2) is 32.3 Å². The first-order valence-corrected chi connectivity index (χ1v) is 9.46. The van der Waals surface area contributed by atoms with E-state index in [2.05, 4.69) is 20.0 Å². The maximum Gasteiger partial charge on any atom is 0.267 e. The van der Waals surface area contributed by atoms with Crippen molar-refractivity contribution in [2.45, 2.75) is 63.5 Å². The molecule has 1 unspecified atom stereocenters. The Balaban J connectivity index is 1.37. The molecular weight excluding hydrogens is 314 g/mol. The van der Waals surface area contributed by atoms with Crippen LogP contribution in [0.15, 0.2) is 23.3 Å². The summed E-state index contributed by atoms with van der Waals surface area (Å²) in [5.74, 6) is 1.47. The van der Waals surface area contributed by atoms with Crippen molar-refractivity contribution < 1.29 is 0 Å². The minimum Gasteiger partial charge on any atom is -0.336 e. The number of hydrogen-bond acceptors (Lipinski definition) is 5. The molecule has 0 N–H and O–H groups in total. The maximum absolute atomic E-state index is 12.4. The van der Waals surface area contributed by atoms with Crippen LogP contribution in [0.25, 0.3) is 0 Å². The number of nitrogens with zero attached hydrogens (tertiary/aromatic N) is 5. The van der Waals surface area contributed by atoms with Gasteiger partial charge in [-0.3, -0.25) is 4.79 Å². The Morgan fingerprint density at radius 2 is 1.92 bits per heavy atom. The maximum atomic E-state index is 12.4. The smallest absolute Gasteiger partial charge is 0.267 e. The molecule has 6 nitrogen and oxygen atoms in total. The van der Waals surface area contributed by atoms with Crippen LogP contribution >= 0.6 is 0 Å². The van der Waals surface area contributed by atoms with Crippen LogP contribution in [0.4, 0.5) is 5.95 Å². The van der Waals surface area contributed by atoms with Gasteiger partial charge in [0.15, 0.2) is 0 Å². The van der Waals surface area contributed by atoms with E-state index < -0.39 is 0 Å². The molecule has 0 spiro atoms. The summed E-state index contributed by atoms with van der Waals surface area (Å²) in [7, 11) is 0. The molecule has 1 saturated heterocycles. The SMILES string of the molecule is O=c1cc2c(nn1CC1CCCN1c1ncc(C3CC3)cn1)CCC2. The lowest BCUT2D eigenvalue weighted by molar-refractivity contribution is 0.480. The zero-order valence-corrected chi connectivity index (χ0v) is 14.4. The van der Waals surface area contributed by atoms with E-state index in [-0.39, 0.29) is 11.6 Å². The monoisotopic (exact) mass is 337 g/mol. The minimum absolute atomic E-state index is 0.0255. The van der Waals surface area contributed by atoms with Gasteiger partial charge in [-0.05, 0) is 62.0 Å². The summed E-state index contributed by atoms with van der Waals surface area (Å²) in [6.07, 6.45) is 11.8. The number of hydrogen-bond donors (Lipinski definition) is 0. The summed E-state index contributed by atoms with van der Waals surface area (Å²) in [5.41, 5.74) is 3.53. The van der Waals surface area contributed by atoms with Crippen LogP contribution in [0.1, 0.15) is 54.8 Å². The largest absolute Gasteiger partial charge is 0.336 e. The van der Waals surface area contributed by atoms with Crippen molar-refractivity contribution in [1.29, 1.82) is 0 Å². The van der Waals surface area contributed by atoms with Crippen LogP contribution in [0.5, 0.6) is 0 Å². The van der Waals surface area contributed by atoms with Gasteiger partial charge in [-0.1, -0.05) is 0 Å². The van der Waals surface area contributed by atoms with Crippen molar-refractivity contribution in [3.63, 3.8) is 0 Å². The van der Waals surface area contributed by atoms with Gasteiger partial charge in [-0.15, -0.1) is 0 Å². The Kier molecular flexibility index (Phi) is 3.57. The summed E-state index contributed by atoms with van der Waals surface area (Å²) in [5, 5.41) is 4.63. The van der Waals surface area contributed by atoms with Crippen LogP contribution in [0, 0.1) is 0 Å². The lowest BCUT2D eigenvalue weighted by Gasteiger charge is -2.25. The van der Waals surface area contributed by atoms with Crippen molar-refractivity contribution in [3.05, 3.63) is 45.6 Å². The third kappa shape index (κ3) is 2.83. The molecule has 3 aliphatic rings. The number of aryl methyl sites for hydroxylation is 2. The van der Waals surface area contributed by atoms with Gasteiger partial charge in [0.2, 0.25) is 5.95 Å². The van der Waals surface area contributed by atoms with Gasteiger partial charge in [0.1, 0.15) is 0 Å². The molecule has 2 aliphatic carbocycles. The van der Waals surface area contributed by atoms with Crippen molar-refractivity contribution in [3.8, 4) is 0 Å². The third-order valence-electron chi connectivity index (χ3n) is 5.75. The molecule has 0 aromatic carbocycles. The first-order chi connectivity index (χ1) is 12.3. The molecule has 2 aromatic heterocycles. The summed E-state index contributed by atoms with van der Waals surface area (Å²) in [6, 6.07) is 2.03. The highest BCUT2D eigenvalue weighted by molar-refractivity contribution is 5.34. The molecule has 6 heteroatoms. The fraction of sp³-hybridized carbons (Fsp3) is 0.579. The van der Waals surface area contributed by atoms with E-state index in [9.17, 15) is 4.79 Å². The third-order valence-corrected chi connectivity index (χ3v) is 5.75. The molecule has 1 saturated carbocycles. The molecular formula is C19H23N5O. The van der Waals surface area contributed by atoms with Crippen LogP contribution in [-0.2, 0) is 19.4 Å². The van der Waals surface area contributed by atoms with Gasteiger partial charge in [0, 0.05) is 25.0 Å². The predicted octanol–water partition coefficient (Wildman–Crippen LogP) is 2.07. The Labute approximate surface area is 146 Å². The Hall–Kier alpha value is -2.24. The van der Waals surface area contributed by atoms with E-state index in [1.54, 1.807) is 10.7 Å². The zero-order chi connectivity index (χ0) is 16.8. The second kappa shape index (κ2) is 5.93. The van der Waals surface area contributed by atoms with E-state index in [0.29, 0.717) is 12.5 Å². The summed E-state index contributed by atoms with van der Waals surface area (Å²) >= 11 is 0.